The molecule has 27 heteroatoms. The fourth-order valence-corrected chi connectivity index (χ4v) is 8.34. The number of carbonyl (C=O) groups is 1. The summed E-state index contributed by atoms with van der Waals surface area (Å²) >= 11 is 0. The molecule has 0 aliphatic carbocycles. The van der Waals surface area contributed by atoms with Crippen LogP contribution in [0.3, 0.4) is 0 Å². The summed E-state index contributed by atoms with van der Waals surface area (Å²) in [6.45, 7) is 0.806. The number of hydrogen-bond donors (Lipinski definition) is 0. The zero-order valence-corrected chi connectivity index (χ0v) is 38.2. The first-order chi connectivity index (χ1) is 35.6. The predicted octanol–water partition coefficient (Wildman–Crippen LogP) is 14.5. The molecule has 2 nitrogen and oxygen atoms in total. The Kier molecular flexibility index (Phi) is 16.1. The second-order valence-corrected chi connectivity index (χ2v) is 17.2. The third-order valence-electron chi connectivity index (χ3n) is 11.8. The van der Waals surface area contributed by atoms with Crippen LogP contribution in [0.15, 0.2) is 158 Å². The molecule has 78 heavy (non-hydrogen) atoms. The van der Waals surface area contributed by atoms with Gasteiger partial charge in [0.2, 0.25) is 0 Å². The van der Waals surface area contributed by atoms with Crippen LogP contribution in [0.5, 0.6) is 0 Å². The Morgan fingerprint density at radius 1 is 0.308 bits per heavy atom. The molecule has 0 atom stereocenters. The number of carbonyl (C=O) groups excluding carboxylic acids is 1. The van der Waals surface area contributed by atoms with E-state index in [2.05, 4.69) is 16.7 Å². The van der Waals surface area contributed by atoms with Crippen LogP contribution in [0.2, 0.25) is 0 Å². The van der Waals surface area contributed by atoms with E-state index < -0.39 is 195 Å². The molecule has 7 rings (SSSR count). The fourth-order valence-electron chi connectivity index (χ4n) is 8.34. The van der Waals surface area contributed by atoms with Gasteiger partial charge in [-0.15, -0.1) is 0 Å². The number of aromatic nitrogens is 1. The molecule has 7 aromatic rings. The Morgan fingerprint density at radius 2 is 0.526 bits per heavy atom. The van der Waals surface area contributed by atoms with E-state index in [0.717, 1.165) is 12.1 Å². The largest absolute Gasteiger partial charge is 0.416 e. The topological polar surface area (TPSA) is 20.9 Å². The Hall–Kier alpha value is -7.48. The smallest absolute Gasteiger partial charge is 0.289 e. The number of nitrogens with zero attached hydrogens (tertiary/aromatic N) is 1. The summed E-state index contributed by atoms with van der Waals surface area (Å²) in [6, 6.07) is 14.5. The van der Waals surface area contributed by atoms with Crippen molar-refractivity contribution in [3.63, 3.8) is 0 Å². The van der Waals surface area contributed by atoms with Gasteiger partial charge in [0.25, 0.3) is 0 Å². The molecule has 0 amide bonds. The summed E-state index contributed by atoms with van der Waals surface area (Å²) in [5.74, 6) is 0.0578. The highest BCUT2D eigenvalue weighted by Gasteiger charge is 2.47. The van der Waals surface area contributed by atoms with Crippen molar-refractivity contribution >= 4 is 33.8 Å². The van der Waals surface area contributed by atoms with Gasteiger partial charge in [-0.05, 0) is 24.3 Å². The SMILES string of the molecule is FC(F)(F)c1cc([B-](c2cc(C(F)(F)F)cc(C(F)(F)F)c2)(c2cc(C(F)(F)F)cc(C(F)(F)F)c2)c2cc(C(F)(F)F)cc(C(F)(F)F)c2)cc(C(F)(F)F)c1.O=C(c1ccccc1)c1cc[n+](Cc2ccccc2)cc1. The number of ketones is 1. The minimum Gasteiger partial charge on any atom is -0.289 e. The second kappa shape index (κ2) is 21.1. The van der Waals surface area contributed by atoms with E-state index in [1.54, 1.807) is 0 Å². The molecule has 0 aliphatic heterocycles. The predicted molar refractivity (Wildman–Crippen MR) is 232 cm³/mol. The summed E-state index contributed by atoms with van der Waals surface area (Å²) < 4.78 is 343. The Morgan fingerprint density at radius 3 is 0.756 bits per heavy atom. The summed E-state index contributed by atoms with van der Waals surface area (Å²) in [7, 11) is 0. The van der Waals surface area contributed by atoms with Crippen LogP contribution in [0.1, 0.15) is 66.0 Å². The summed E-state index contributed by atoms with van der Waals surface area (Å²) in [4.78, 5) is 12.3. The third kappa shape index (κ3) is 13.8. The zero-order valence-electron chi connectivity index (χ0n) is 38.2. The highest BCUT2D eigenvalue weighted by atomic mass is 19.4. The number of hydrogen-bond acceptors (Lipinski definition) is 1. The molecular formula is C51H28BF24NO. The van der Waals surface area contributed by atoms with Crippen LogP contribution in [0.4, 0.5) is 105 Å². The van der Waals surface area contributed by atoms with Crippen molar-refractivity contribution in [1.29, 1.82) is 0 Å². The molecule has 0 bridgehead atoms. The highest BCUT2D eigenvalue weighted by Crippen LogP contribution is 2.41. The van der Waals surface area contributed by atoms with Gasteiger partial charge in [-0.25, -0.2) is 4.57 Å². The number of halogens is 24. The number of rotatable bonds is 8. The molecule has 0 N–H and O–H groups in total. The Bertz CT molecular complexity index is 2820. The molecule has 0 fully saturated rings. The van der Waals surface area contributed by atoms with Crippen LogP contribution in [-0.4, -0.2) is 11.9 Å². The molecule has 0 aliphatic rings. The van der Waals surface area contributed by atoms with E-state index in [9.17, 15) is 110 Å². The third-order valence-corrected chi connectivity index (χ3v) is 11.8. The number of alkyl halides is 24. The van der Waals surface area contributed by atoms with Crippen LogP contribution in [-0.2, 0) is 56.0 Å². The van der Waals surface area contributed by atoms with E-state index in [0.29, 0.717) is 5.56 Å². The van der Waals surface area contributed by atoms with E-state index in [1.807, 2.05) is 73.1 Å². The second-order valence-electron chi connectivity index (χ2n) is 17.2. The molecule has 1 heterocycles. The summed E-state index contributed by atoms with van der Waals surface area (Å²) in [6.07, 6.45) is -50.9. The maximum Gasteiger partial charge on any atom is 0.416 e. The van der Waals surface area contributed by atoms with Crippen LogP contribution in [0.25, 0.3) is 0 Å². The van der Waals surface area contributed by atoms with Crippen molar-refractivity contribution in [1.82, 2.24) is 0 Å². The monoisotopic (exact) mass is 1140 g/mol. The quantitative estimate of drug-likeness (QED) is 0.0643. The molecule has 414 valence electrons. The average molecular weight is 1140 g/mol. The fraction of sp³-hybridized carbons (Fsp3) is 0.176. The molecule has 0 saturated heterocycles. The van der Waals surface area contributed by atoms with Gasteiger partial charge in [0, 0.05) is 28.8 Å². The lowest BCUT2D eigenvalue weighted by Crippen LogP contribution is -2.75. The maximum absolute atomic E-state index is 14.2. The lowest BCUT2D eigenvalue weighted by atomic mass is 9.12. The highest BCUT2D eigenvalue weighted by molar-refractivity contribution is 7.20. The molecular weight excluding hydrogens is 1110 g/mol. The first-order valence-corrected chi connectivity index (χ1v) is 21.6. The van der Waals surface area contributed by atoms with E-state index in [1.165, 1.54) is 5.56 Å². The van der Waals surface area contributed by atoms with Gasteiger partial charge >= 0.3 is 49.4 Å². The van der Waals surface area contributed by atoms with Crippen molar-refractivity contribution in [2.75, 3.05) is 0 Å². The molecule has 6 aromatic carbocycles. The van der Waals surface area contributed by atoms with Gasteiger partial charge in [0.15, 0.2) is 24.7 Å². The van der Waals surface area contributed by atoms with Gasteiger partial charge < -0.3 is 0 Å². The van der Waals surface area contributed by atoms with Crippen molar-refractivity contribution < 1.29 is 115 Å². The van der Waals surface area contributed by atoms with Gasteiger partial charge in [0.1, 0.15) is 6.15 Å². The van der Waals surface area contributed by atoms with E-state index in [4.69, 9.17) is 0 Å². The number of pyridine rings is 1. The number of benzene rings is 6. The maximum atomic E-state index is 14.2. The Labute approximate surface area is 423 Å². The van der Waals surface area contributed by atoms with Crippen molar-refractivity contribution in [2.45, 2.75) is 56.0 Å². The first kappa shape index (κ1) is 59.8. The average Bonchev–Trinajstić information content (AvgIpc) is 3.51. The van der Waals surface area contributed by atoms with Crippen molar-refractivity contribution in [3.8, 4) is 0 Å². The summed E-state index contributed by atoms with van der Waals surface area (Å²) in [5, 5.41) is 0. The lowest BCUT2D eigenvalue weighted by Gasteiger charge is -2.46. The normalized spacial score (nSPS) is 13.2. The minimum absolute atomic E-state index is 0.0578. The zero-order chi connectivity index (χ0) is 58.4. The van der Waals surface area contributed by atoms with Crippen molar-refractivity contribution in [2.24, 2.45) is 0 Å². The molecule has 0 unspecified atom stereocenters. The first-order valence-electron chi connectivity index (χ1n) is 21.6. The standard InChI is InChI=1S/C32H12BF24.C19H16NO/c34-25(35,36)13-1-14(26(37,38)39)6-21(5-13)33(22-7-15(27(40,41)42)2-16(8-22)28(43,44)45,23-9-17(29(46,47)48)3-18(10-23)30(49,50)51)24-11-19(31(52,53)54)4-20(12-24)32(55,56)57;21-19(17-9-5-2-6-10-17)18-11-13-20(14-12-18)15-16-7-3-1-4-8-16/h1-12H;1-14H,15H2/q-1;+1. The molecule has 0 saturated carbocycles. The summed E-state index contributed by atoms with van der Waals surface area (Å²) in [5.41, 5.74) is -27.5. The van der Waals surface area contributed by atoms with Gasteiger partial charge in [0.05, 0.1) is 44.5 Å². The van der Waals surface area contributed by atoms with Crippen LogP contribution in [0, 0.1) is 0 Å². The van der Waals surface area contributed by atoms with E-state index in [-0.39, 0.29) is 5.78 Å². The van der Waals surface area contributed by atoms with Crippen LogP contribution < -0.4 is 26.4 Å². The van der Waals surface area contributed by atoms with Crippen LogP contribution >= 0.6 is 0 Å². The molecule has 0 radical (unpaired) electrons. The molecule has 1 aromatic heterocycles. The van der Waals surface area contributed by atoms with Crippen molar-refractivity contribution in [3.05, 3.63) is 219 Å². The van der Waals surface area contributed by atoms with Gasteiger partial charge in [-0.2, -0.15) is 127 Å². The van der Waals surface area contributed by atoms with E-state index >= 15 is 0 Å². The van der Waals surface area contributed by atoms with Gasteiger partial charge in [-0.1, -0.05) is 109 Å². The van der Waals surface area contributed by atoms with Gasteiger partial charge in [-0.3, -0.25) is 4.79 Å². The Balaban J connectivity index is 0.000000387. The lowest BCUT2D eigenvalue weighted by molar-refractivity contribution is -0.688. The minimum atomic E-state index is -6.13. The molecule has 0 spiro atoms.